The number of hydrogen-bond acceptors (Lipinski definition) is 3. The molecule has 1 saturated heterocycles. The molecule has 1 N–H and O–H groups in total. The molecule has 1 heterocycles. The Morgan fingerprint density at radius 2 is 1.77 bits per heavy atom. The van der Waals surface area contributed by atoms with Crippen LogP contribution in [0.1, 0.15) is 56.6 Å². The Morgan fingerprint density at radius 3 is 2.42 bits per heavy atom. The summed E-state index contributed by atoms with van der Waals surface area (Å²) in [6, 6.07) is 10.2. The molecule has 1 aromatic rings. The van der Waals surface area contributed by atoms with Crippen molar-refractivity contribution in [1.29, 1.82) is 0 Å². The molecule has 2 atom stereocenters. The van der Waals surface area contributed by atoms with Crippen molar-refractivity contribution in [2.24, 2.45) is 11.8 Å². The molecule has 2 fully saturated rings. The van der Waals surface area contributed by atoms with Gasteiger partial charge >= 0.3 is 0 Å². The topological polar surface area (TPSA) is 66.5 Å². The average molecular weight is 379 g/mol. The van der Waals surface area contributed by atoms with Gasteiger partial charge in [-0.25, -0.2) is 12.7 Å². The van der Waals surface area contributed by atoms with Gasteiger partial charge in [0.25, 0.3) is 0 Å². The number of hydrogen-bond donors (Lipinski definition) is 1. The van der Waals surface area contributed by atoms with Crippen molar-refractivity contribution in [3.8, 4) is 0 Å². The predicted octanol–water partition coefficient (Wildman–Crippen LogP) is 3.10. The van der Waals surface area contributed by atoms with Crippen molar-refractivity contribution >= 4 is 15.9 Å². The summed E-state index contributed by atoms with van der Waals surface area (Å²) in [7, 11) is -3.24. The lowest BCUT2D eigenvalue weighted by molar-refractivity contribution is -0.127. The van der Waals surface area contributed by atoms with E-state index >= 15 is 0 Å². The van der Waals surface area contributed by atoms with Crippen LogP contribution in [0, 0.1) is 11.8 Å². The number of benzene rings is 1. The summed E-state index contributed by atoms with van der Waals surface area (Å²) in [5, 5.41) is 3.28. The van der Waals surface area contributed by atoms with E-state index < -0.39 is 10.0 Å². The van der Waals surface area contributed by atoms with Gasteiger partial charge in [-0.2, -0.15) is 0 Å². The molecular weight excluding hydrogens is 348 g/mol. The highest BCUT2D eigenvalue weighted by molar-refractivity contribution is 7.88. The van der Waals surface area contributed by atoms with E-state index in [1.807, 2.05) is 18.2 Å². The van der Waals surface area contributed by atoms with Gasteiger partial charge < -0.3 is 5.32 Å². The van der Waals surface area contributed by atoms with Gasteiger partial charge in [-0.15, -0.1) is 0 Å². The molecule has 5 nitrogen and oxygen atoms in total. The Kier molecular flexibility index (Phi) is 6.35. The number of carbonyl (C=O) groups is 1. The van der Waals surface area contributed by atoms with Gasteiger partial charge in [0.15, 0.2) is 0 Å². The van der Waals surface area contributed by atoms with Crippen LogP contribution in [0.15, 0.2) is 30.3 Å². The third-order valence-electron chi connectivity index (χ3n) is 5.80. The third-order valence-corrected chi connectivity index (χ3v) is 7.07. The smallest absolute Gasteiger partial charge is 0.224 e. The van der Waals surface area contributed by atoms with Crippen LogP contribution < -0.4 is 5.32 Å². The largest absolute Gasteiger partial charge is 0.349 e. The van der Waals surface area contributed by atoms with Gasteiger partial charge in [0.05, 0.1) is 18.2 Å². The highest BCUT2D eigenvalue weighted by Crippen LogP contribution is 2.35. The molecule has 1 amide bonds. The molecule has 0 spiro atoms. The number of nitrogens with one attached hydrogen (secondary N) is 1. The zero-order valence-electron chi connectivity index (χ0n) is 15.6. The van der Waals surface area contributed by atoms with Crippen molar-refractivity contribution in [3.63, 3.8) is 0 Å². The van der Waals surface area contributed by atoms with Crippen molar-refractivity contribution in [1.82, 2.24) is 9.62 Å². The van der Waals surface area contributed by atoms with Gasteiger partial charge in [0.2, 0.25) is 15.9 Å². The molecule has 1 saturated carbocycles. The highest BCUT2D eigenvalue weighted by Gasteiger charge is 2.33. The number of amides is 1. The molecule has 0 aromatic heterocycles. The zero-order valence-corrected chi connectivity index (χ0v) is 16.4. The summed E-state index contributed by atoms with van der Waals surface area (Å²) in [6.07, 6.45) is 8.71. The van der Waals surface area contributed by atoms with E-state index in [2.05, 4.69) is 17.4 Å². The lowest BCUT2D eigenvalue weighted by atomic mass is 9.81. The third kappa shape index (κ3) is 4.86. The van der Waals surface area contributed by atoms with Gasteiger partial charge in [-0.3, -0.25) is 4.79 Å². The van der Waals surface area contributed by atoms with E-state index in [9.17, 15) is 13.2 Å². The quantitative estimate of drug-likeness (QED) is 0.856. The lowest BCUT2D eigenvalue weighted by Crippen LogP contribution is -2.46. The van der Waals surface area contributed by atoms with Crippen LogP contribution in [0.3, 0.4) is 0 Å². The monoisotopic (exact) mass is 378 g/mol. The van der Waals surface area contributed by atoms with Crippen LogP contribution >= 0.6 is 0 Å². The standard InChI is InChI=1S/C20H30N2O3S/c1-26(24,25)22-14-8-13-18(15-22)20(23)21-19(16-9-4-2-5-10-16)17-11-6-3-7-12-17/h2,4-5,9-10,17-19H,3,6-8,11-15H2,1H3,(H,21,23). The SMILES string of the molecule is CS(=O)(=O)N1CCCC(C(=O)NC(c2ccccc2)C2CCCCC2)C1. The van der Waals surface area contributed by atoms with Gasteiger partial charge in [0.1, 0.15) is 0 Å². The molecule has 0 bridgehead atoms. The summed E-state index contributed by atoms with van der Waals surface area (Å²) in [4.78, 5) is 13.0. The minimum Gasteiger partial charge on any atom is -0.349 e. The summed E-state index contributed by atoms with van der Waals surface area (Å²) in [6.45, 7) is 0.824. The van der Waals surface area contributed by atoms with Crippen LogP contribution in [0.5, 0.6) is 0 Å². The Hall–Kier alpha value is -1.40. The first-order valence-corrected chi connectivity index (χ1v) is 11.6. The highest BCUT2D eigenvalue weighted by atomic mass is 32.2. The number of carbonyl (C=O) groups excluding carboxylic acids is 1. The first kappa shape index (κ1) is 19.4. The molecule has 1 aliphatic carbocycles. The first-order chi connectivity index (χ1) is 12.4. The second kappa shape index (κ2) is 8.53. The number of rotatable bonds is 5. The van der Waals surface area contributed by atoms with Gasteiger partial charge in [-0.05, 0) is 37.2 Å². The van der Waals surface area contributed by atoms with Crippen molar-refractivity contribution in [2.75, 3.05) is 19.3 Å². The number of piperidine rings is 1. The van der Waals surface area contributed by atoms with E-state index in [0.717, 1.165) is 31.2 Å². The lowest BCUT2D eigenvalue weighted by Gasteiger charge is -2.34. The fourth-order valence-electron chi connectivity index (χ4n) is 4.33. The van der Waals surface area contributed by atoms with Crippen LogP contribution in [-0.2, 0) is 14.8 Å². The molecule has 1 aliphatic heterocycles. The Labute approximate surface area is 157 Å². The molecule has 6 heteroatoms. The molecule has 0 radical (unpaired) electrons. The normalized spacial score (nSPS) is 24.1. The fraction of sp³-hybridized carbons (Fsp3) is 0.650. The maximum absolute atomic E-state index is 13.0. The van der Waals surface area contributed by atoms with E-state index in [1.165, 1.54) is 29.8 Å². The van der Waals surface area contributed by atoms with E-state index in [1.54, 1.807) is 0 Å². The van der Waals surface area contributed by atoms with E-state index in [4.69, 9.17) is 0 Å². The molecule has 1 aromatic carbocycles. The number of nitrogens with zero attached hydrogens (tertiary/aromatic N) is 1. The van der Waals surface area contributed by atoms with Crippen molar-refractivity contribution in [3.05, 3.63) is 35.9 Å². The molecule has 2 unspecified atom stereocenters. The summed E-state index contributed by atoms with van der Waals surface area (Å²) in [5.74, 6) is 0.204. The van der Waals surface area contributed by atoms with E-state index in [-0.39, 0.29) is 17.9 Å². The fourth-order valence-corrected chi connectivity index (χ4v) is 5.24. The Balaban J connectivity index is 1.72. The van der Waals surface area contributed by atoms with Gasteiger partial charge in [0, 0.05) is 13.1 Å². The Morgan fingerprint density at radius 1 is 1.08 bits per heavy atom. The summed E-state index contributed by atoms with van der Waals surface area (Å²) in [5.41, 5.74) is 1.16. The van der Waals surface area contributed by atoms with Crippen molar-refractivity contribution in [2.45, 2.75) is 51.0 Å². The molecule has 3 rings (SSSR count). The van der Waals surface area contributed by atoms with Crippen molar-refractivity contribution < 1.29 is 13.2 Å². The molecular formula is C20H30N2O3S. The van der Waals surface area contributed by atoms with Crippen LogP contribution in [0.25, 0.3) is 0 Å². The van der Waals surface area contributed by atoms with Crippen LogP contribution in [0.4, 0.5) is 0 Å². The average Bonchev–Trinajstić information content (AvgIpc) is 2.67. The second-order valence-electron chi connectivity index (χ2n) is 7.76. The maximum Gasteiger partial charge on any atom is 0.224 e. The molecule has 144 valence electrons. The van der Waals surface area contributed by atoms with Crippen LogP contribution in [-0.4, -0.2) is 38.0 Å². The van der Waals surface area contributed by atoms with Gasteiger partial charge in [-0.1, -0.05) is 49.6 Å². The second-order valence-corrected chi connectivity index (χ2v) is 9.74. The maximum atomic E-state index is 13.0. The predicted molar refractivity (Wildman–Crippen MR) is 103 cm³/mol. The minimum atomic E-state index is -3.24. The van der Waals surface area contributed by atoms with Crippen LogP contribution in [0.2, 0.25) is 0 Å². The molecule has 2 aliphatic rings. The first-order valence-electron chi connectivity index (χ1n) is 9.75. The Bertz CT molecular complexity index is 699. The van der Waals surface area contributed by atoms with E-state index in [0.29, 0.717) is 19.0 Å². The zero-order chi connectivity index (χ0) is 18.6. The molecule has 26 heavy (non-hydrogen) atoms. The number of sulfonamides is 1. The summed E-state index contributed by atoms with van der Waals surface area (Å²) < 4.78 is 25.1. The summed E-state index contributed by atoms with van der Waals surface area (Å²) >= 11 is 0. The minimum absolute atomic E-state index is 0.00206.